The number of benzene rings is 2. The lowest BCUT2D eigenvalue weighted by atomic mass is 10.1. The van der Waals surface area contributed by atoms with Gasteiger partial charge in [-0.3, -0.25) is 0 Å². The van der Waals surface area contributed by atoms with Gasteiger partial charge >= 0.3 is 12.1 Å². The first kappa shape index (κ1) is 26.7. The quantitative estimate of drug-likeness (QED) is 0.413. The molecule has 3 rings (SSSR count). The summed E-state index contributed by atoms with van der Waals surface area (Å²) in [6.45, 7) is 4.56. The summed E-state index contributed by atoms with van der Waals surface area (Å²) >= 11 is 6.18. The van der Waals surface area contributed by atoms with E-state index in [1.165, 1.54) is 4.90 Å². The highest BCUT2D eigenvalue weighted by molar-refractivity contribution is 6.28. The number of rotatable bonds is 10. The molecule has 0 saturated heterocycles. The third-order valence-electron chi connectivity index (χ3n) is 5.21. The van der Waals surface area contributed by atoms with Crippen LogP contribution >= 0.6 is 11.6 Å². The van der Waals surface area contributed by atoms with Crippen molar-refractivity contribution in [3.8, 4) is 5.75 Å². The maximum absolute atomic E-state index is 12.0. The molecule has 0 spiro atoms. The molecule has 0 aliphatic rings. The van der Waals surface area contributed by atoms with Gasteiger partial charge in [-0.15, -0.1) is 0 Å². The second-order valence-corrected chi connectivity index (χ2v) is 8.92. The topological polar surface area (TPSA) is 121 Å². The highest BCUT2D eigenvalue weighted by Crippen LogP contribution is 2.21. The van der Waals surface area contributed by atoms with Crippen molar-refractivity contribution >= 4 is 35.6 Å². The number of carbonyl (C=O) groups excluding carboxylic acids is 1. The number of halogens is 1. The molecule has 0 fully saturated rings. The van der Waals surface area contributed by atoms with Crippen molar-refractivity contribution in [1.29, 1.82) is 0 Å². The standard InChI is InChI=1S/C25H29ClN6O4/c1-16(2)32(15-18-8-6-5-7-9-18)24-29-22(26)28-23(30-24)27-20(21(33)34)14-17-10-12-19(13-11-17)36-25(35)31(3)4/h5-13,16,20H,14-15H2,1-4H3,(H,33,34)(H,27,28,29,30)/t20-/m0/s1. The van der Waals surface area contributed by atoms with Gasteiger partial charge in [0.05, 0.1) is 0 Å². The molecule has 0 aliphatic carbocycles. The third kappa shape index (κ3) is 7.54. The summed E-state index contributed by atoms with van der Waals surface area (Å²) in [5, 5.41) is 12.6. The molecule has 1 atom stereocenters. The van der Waals surface area contributed by atoms with Gasteiger partial charge in [-0.05, 0) is 48.7 Å². The van der Waals surface area contributed by atoms with Gasteiger partial charge in [0, 0.05) is 33.1 Å². The number of nitrogens with one attached hydrogen (secondary N) is 1. The zero-order valence-electron chi connectivity index (χ0n) is 20.6. The molecule has 2 aromatic carbocycles. The van der Waals surface area contributed by atoms with E-state index in [1.54, 1.807) is 38.4 Å². The Balaban J connectivity index is 1.76. The van der Waals surface area contributed by atoms with Crippen LogP contribution in [0.2, 0.25) is 5.28 Å². The molecule has 1 aromatic heterocycles. The van der Waals surface area contributed by atoms with Crippen LogP contribution in [0.5, 0.6) is 5.75 Å². The van der Waals surface area contributed by atoms with Gasteiger partial charge in [-0.25, -0.2) is 9.59 Å². The normalized spacial score (nSPS) is 11.6. The van der Waals surface area contributed by atoms with Gasteiger partial charge in [0.2, 0.25) is 17.2 Å². The van der Waals surface area contributed by atoms with E-state index in [2.05, 4.69) is 20.3 Å². The number of hydrogen-bond acceptors (Lipinski definition) is 8. The number of aliphatic carboxylic acids is 1. The lowest BCUT2D eigenvalue weighted by Crippen LogP contribution is -2.34. The molecule has 0 radical (unpaired) electrons. The van der Waals surface area contributed by atoms with Crippen molar-refractivity contribution < 1.29 is 19.4 Å². The molecule has 36 heavy (non-hydrogen) atoms. The fourth-order valence-corrected chi connectivity index (χ4v) is 3.43. The van der Waals surface area contributed by atoms with Crippen LogP contribution in [0.3, 0.4) is 0 Å². The Labute approximate surface area is 214 Å². The highest BCUT2D eigenvalue weighted by Gasteiger charge is 2.22. The Morgan fingerprint density at radius 3 is 2.25 bits per heavy atom. The second kappa shape index (κ2) is 12.2. The van der Waals surface area contributed by atoms with Crippen LogP contribution < -0.4 is 15.0 Å². The van der Waals surface area contributed by atoms with Crippen molar-refractivity contribution in [2.75, 3.05) is 24.3 Å². The molecule has 10 nitrogen and oxygen atoms in total. The Kier molecular flexibility index (Phi) is 9.02. The van der Waals surface area contributed by atoms with E-state index >= 15 is 0 Å². The number of anilines is 2. The third-order valence-corrected chi connectivity index (χ3v) is 5.38. The first-order valence-corrected chi connectivity index (χ1v) is 11.7. The van der Waals surface area contributed by atoms with Gasteiger partial charge in [0.25, 0.3) is 0 Å². The Morgan fingerprint density at radius 1 is 1.00 bits per heavy atom. The molecule has 11 heteroatoms. The SMILES string of the molecule is CC(C)N(Cc1ccccc1)c1nc(Cl)nc(N[C@@H](Cc2ccc(OC(=O)N(C)C)cc2)C(=O)O)n1. The van der Waals surface area contributed by atoms with Crippen molar-refractivity contribution in [3.05, 3.63) is 71.0 Å². The lowest BCUT2D eigenvalue weighted by Gasteiger charge is -2.27. The van der Waals surface area contributed by atoms with E-state index in [0.29, 0.717) is 23.8 Å². The molecular weight excluding hydrogens is 484 g/mol. The Hall–Kier alpha value is -3.92. The van der Waals surface area contributed by atoms with Gasteiger partial charge < -0.3 is 25.0 Å². The van der Waals surface area contributed by atoms with Crippen LogP contribution in [0.25, 0.3) is 0 Å². The first-order valence-electron chi connectivity index (χ1n) is 11.3. The van der Waals surface area contributed by atoms with Crippen LogP contribution in [0, 0.1) is 0 Å². The monoisotopic (exact) mass is 512 g/mol. The number of hydrogen-bond donors (Lipinski definition) is 2. The van der Waals surface area contributed by atoms with Crippen LogP contribution in [-0.2, 0) is 17.8 Å². The summed E-state index contributed by atoms with van der Waals surface area (Å²) in [5.41, 5.74) is 1.79. The molecular formula is C25H29ClN6O4. The largest absolute Gasteiger partial charge is 0.480 e. The smallest absolute Gasteiger partial charge is 0.414 e. The van der Waals surface area contributed by atoms with E-state index in [0.717, 1.165) is 5.56 Å². The van der Waals surface area contributed by atoms with Crippen LogP contribution in [0.15, 0.2) is 54.6 Å². The fourth-order valence-electron chi connectivity index (χ4n) is 3.27. The van der Waals surface area contributed by atoms with Gasteiger partial charge in [-0.2, -0.15) is 15.0 Å². The predicted octanol–water partition coefficient (Wildman–Crippen LogP) is 4.11. The summed E-state index contributed by atoms with van der Waals surface area (Å²) in [4.78, 5) is 39.8. The molecule has 1 amide bonds. The molecule has 0 bridgehead atoms. The first-order chi connectivity index (χ1) is 17.1. The molecule has 0 unspecified atom stereocenters. The zero-order valence-corrected chi connectivity index (χ0v) is 21.3. The minimum absolute atomic E-state index is 0.0441. The van der Waals surface area contributed by atoms with E-state index in [4.69, 9.17) is 16.3 Å². The summed E-state index contributed by atoms with van der Waals surface area (Å²) in [6, 6.07) is 15.5. The maximum atomic E-state index is 12.0. The van der Waals surface area contributed by atoms with Gasteiger partial charge in [0.1, 0.15) is 11.8 Å². The molecule has 3 aromatic rings. The van der Waals surface area contributed by atoms with E-state index < -0.39 is 18.1 Å². The summed E-state index contributed by atoms with van der Waals surface area (Å²) in [7, 11) is 3.17. The number of ether oxygens (including phenoxy) is 1. The number of aromatic nitrogens is 3. The number of amides is 1. The van der Waals surface area contributed by atoms with E-state index in [-0.39, 0.29) is 23.7 Å². The van der Waals surface area contributed by atoms with E-state index in [9.17, 15) is 14.7 Å². The Morgan fingerprint density at radius 2 is 1.67 bits per heavy atom. The van der Waals surface area contributed by atoms with Crippen molar-refractivity contribution in [1.82, 2.24) is 19.9 Å². The number of nitrogens with zero attached hydrogens (tertiary/aromatic N) is 5. The minimum Gasteiger partial charge on any atom is -0.480 e. The number of carboxylic acid groups (broad SMARTS) is 1. The van der Waals surface area contributed by atoms with Crippen molar-refractivity contribution in [2.45, 2.75) is 38.9 Å². The van der Waals surface area contributed by atoms with Crippen LogP contribution in [-0.4, -0.2) is 63.2 Å². The highest BCUT2D eigenvalue weighted by atomic mass is 35.5. The zero-order chi connectivity index (χ0) is 26.2. The van der Waals surface area contributed by atoms with Crippen LogP contribution in [0.1, 0.15) is 25.0 Å². The molecule has 0 saturated carbocycles. The average Bonchev–Trinajstić information content (AvgIpc) is 2.83. The van der Waals surface area contributed by atoms with E-state index in [1.807, 2.05) is 49.1 Å². The Bertz CT molecular complexity index is 1170. The summed E-state index contributed by atoms with van der Waals surface area (Å²) in [6.07, 6.45) is -0.369. The minimum atomic E-state index is -1.08. The number of carbonyl (C=O) groups is 2. The van der Waals surface area contributed by atoms with Crippen molar-refractivity contribution in [3.63, 3.8) is 0 Å². The molecule has 0 aliphatic heterocycles. The molecule has 190 valence electrons. The maximum Gasteiger partial charge on any atom is 0.414 e. The predicted molar refractivity (Wildman–Crippen MR) is 138 cm³/mol. The summed E-state index contributed by atoms with van der Waals surface area (Å²) in [5.74, 6) is -0.320. The van der Waals surface area contributed by atoms with Gasteiger partial charge in [0.15, 0.2) is 0 Å². The summed E-state index contributed by atoms with van der Waals surface area (Å²) < 4.78 is 5.20. The second-order valence-electron chi connectivity index (χ2n) is 8.58. The lowest BCUT2D eigenvalue weighted by molar-refractivity contribution is -0.137. The average molecular weight is 513 g/mol. The fraction of sp³-hybridized carbons (Fsp3) is 0.320. The van der Waals surface area contributed by atoms with Crippen molar-refractivity contribution in [2.24, 2.45) is 0 Å². The van der Waals surface area contributed by atoms with Crippen LogP contribution in [0.4, 0.5) is 16.7 Å². The number of carboxylic acids is 1. The molecule has 1 heterocycles. The molecule has 2 N–H and O–H groups in total. The van der Waals surface area contributed by atoms with Gasteiger partial charge in [-0.1, -0.05) is 42.5 Å².